The number of halogens is 1. The molecular formula is C16H21ClN4O3. The minimum atomic E-state index is -0.814. The van der Waals surface area contributed by atoms with Gasteiger partial charge < -0.3 is 9.47 Å². The molecular weight excluding hydrogens is 332 g/mol. The standard InChI is InChI=1S/C16H21ClN4O3/c1-15(2,3)24-14(22)21-13(9-23-16(21,4)5)10-6-7-11(17)12(8-10)19-20-18/h6-8,13H,9H2,1-5H3/t13-/m1/s1. The quantitative estimate of drug-likeness (QED) is 0.409. The highest BCUT2D eigenvalue weighted by Crippen LogP contribution is 2.40. The molecule has 1 aromatic rings. The molecule has 130 valence electrons. The summed E-state index contributed by atoms with van der Waals surface area (Å²) < 4.78 is 11.3. The lowest BCUT2D eigenvalue weighted by molar-refractivity contribution is -0.0626. The van der Waals surface area contributed by atoms with Crippen molar-refractivity contribution in [3.8, 4) is 0 Å². The summed E-state index contributed by atoms with van der Waals surface area (Å²) in [5, 5.41) is 3.92. The summed E-state index contributed by atoms with van der Waals surface area (Å²) in [6.07, 6.45) is -0.463. The van der Waals surface area contributed by atoms with Gasteiger partial charge in [0.05, 0.1) is 23.4 Å². The summed E-state index contributed by atoms with van der Waals surface area (Å²) in [6.45, 7) is 9.36. The summed E-state index contributed by atoms with van der Waals surface area (Å²) >= 11 is 6.02. The van der Waals surface area contributed by atoms with Crippen LogP contribution in [0.25, 0.3) is 10.4 Å². The Balaban J connectivity index is 2.39. The van der Waals surface area contributed by atoms with Gasteiger partial charge in [-0.15, -0.1) is 0 Å². The Morgan fingerprint density at radius 3 is 2.75 bits per heavy atom. The van der Waals surface area contributed by atoms with E-state index < -0.39 is 17.4 Å². The first-order valence-electron chi connectivity index (χ1n) is 7.56. The molecule has 1 amide bonds. The zero-order valence-corrected chi connectivity index (χ0v) is 15.2. The van der Waals surface area contributed by atoms with Gasteiger partial charge in [-0.25, -0.2) is 4.79 Å². The fourth-order valence-electron chi connectivity index (χ4n) is 2.57. The summed E-state index contributed by atoms with van der Waals surface area (Å²) in [4.78, 5) is 17.0. The zero-order chi connectivity index (χ0) is 18.1. The largest absolute Gasteiger partial charge is 0.444 e. The Kier molecular flexibility index (Phi) is 4.99. The zero-order valence-electron chi connectivity index (χ0n) is 14.4. The van der Waals surface area contributed by atoms with Gasteiger partial charge in [-0.3, -0.25) is 4.90 Å². The van der Waals surface area contributed by atoms with Crippen molar-refractivity contribution >= 4 is 23.4 Å². The number of hydrogen-bond donors (Lipinski definition) is 0. The molecule has 1 saturated heterocycles. The third-order valence-corrected chi connectivity index (χ3v) is 3.90. The Hall–Kier alpha value is -1.95. The molecule has 1 fully saturated rings. The van der Waals surface area contributed by atoms with Crippen LogP contribution in [0.15, 0.2) is 23.3 Å². The maximum atomic E-state index is 12.7. The second kappa shape index (κ2) is 6.51. The minimum absolute atomic E-state index is 0.309. The Morgan fingerprint density at radius 1 is 1.50 bits per heavy atom. The first kappa shape index (κ1) is 18.4. The molecule has 1 aromatic carbocycles. The van der Waals surface area contributed by atoms with Crippen molar-refractivity contribution < 1.29 is 14.3 Å². The lowest BCUT2D eigenvalue weighted by atomic mass is 10.1. The van der Waals surface area contributed by atoms with Crippen LogP contribution in [0.4, 0.5) is 10.5 Å². The van der Waals surface area contributed by atoms with Crippen molar-refractivity contribution in [3.05, 3.63) is 39.2 Å². The number of benzene rings is 1. The highest BCUT2D eigenvalue weighted by Gasteiger charge is 2.46. The maximum absolute atomic E-state index is 12.7. The van der Waals surface area contributed by atoms with Crippen LogP contribution in [0.2, 0.25) is 5.02 Å². The molecule has 0 unspecified atom stereocenters. The van der Waals surface area contributed by atoms with Gasteiger partial charge in [-0.1, -0.05) is 22.8 Å². The molecule has 0 saturated carbocycles. The van der Waals surface area contributed by atoms with Crippen molar-refractivity contribution in [2.75, 3.05) is 6.61 Å². The minimum Gasteiger partial charge on any atom is -0.444 e. The van der Waals surface area contributed by atoms with E-state index in [1.54, 1.807) is 36.9 Å². The SMILES string of the molecule is CC(C)(C)OC(=O)N1[C@@H](c2ccc(Cl)c(N=[N+]=[N-])c2)COC1(C)C. The molecule has 8 heteroatoms. The van der Waals surface area contributed by atoms with Crippen LogP contribution in [-0.4, -0.2) is 28.9 Å². The lowest BCUT2D eigenvalue weighted by Gasteiger charge is -2.35. The summed E-state index contributed by atoms with van der Waals surface area (Å²) in [7, 11) is 0. The molecule has 1 heterocycles. The van der Waals surface area contributed by atoms with Crippen LogP contribution in [0.5, 0.6) is 0 Å². The average Bonchev–Trinajstić information content (AvgIpc) is 2.75. The molecule has 1 aliphatic heterocycles. The van der Waals surface area contributed by atoms with Gasteiger partial charge in [0.1, 0.15) is 11.3 Å². The van der Waals surface area contributed by atoms with Crippen LogP contribution in [0.1, 0.15) is 46.2 Å². The normalized spacial score (nSPS) is 19.8. The predicted octanol–water partition coefficient (Wildman–Crippen LogP) is 5.33. The molecule has 0 aliphatic carbocycles. The number of amides is 1. The van der Waals surface area contributed by atoms with E-state index in [-0.39, 0.29) is 6.04 Å². The average molecular weight is 353 g/mol. The van der Waals surface area contributed by atoms with E-state index in [1.807, 2.05) is 20.8 Å². The van der Waals surface area contributed by atoms with Crippen molar-refractivity contribution in [1.29, 1.82) is 0 Å². The van der Waals surface area contributed by atoms with Crippen molar-refractivity contribution in [2.45, 2.75) is 52.0 Å². The predicted molar refractivity (Wildman–Crippen MR) is 91.1 cm³/mol. The number of rotatable bonds is 2. The van der Waals surface area contributed by atoms with Crippen LogP contribution < -0.4 is 0 Å². The van der Waals surface area contributed by atoms with Gasteiger partial charge >= 0.3 is 6.09 Å². The van der Waals surface area contributed by atoms with E-state index in [9.17, 15) is 4.79 Å². The fraction of sp³-hybridized carbons (Fsp3) is 0.562. The van der Waals surface area contributed by atoms with Crippen LogP contribution in [0, 0.1) is 0 Å². The molecule has 7 nitrogen and oxygen atoms in total. The molecule has 0 spiro atoms. The molecule has 2 rings (SSSR count). The highest BCUT2D eigenvalue weighted by molar-refractivity contribution is 6.33. The molecule has 1 atom stereocenters. The Morgan fingerprint density at radius 2 is 2.17 bits per heavy atom. The molecule has 0 N–H and O–H groups in total. The molecule has 1 aliphatic rings. The van der Waals surface area contributed by atoms with E-state index in [1.165, 1.54) is 0 Å². The number of nitrogens with zero attached hydrogens (tertiary/aromatic N) is 4. The maximum Gasteiger partial charge on any atom is 0.413 e. The first-order valence-corrected chi connectivity index (χ1v) is 7.94. The Bertz CT molecular complexity index is 693. The van der Waals surface area contributed by atoms with Crippen molar-refractivity contribution in [3.63, 3.8) is 0 Å². The monoisotopic (exact) mass is 352 g/mol. The van der Waals surface area contributed by atoms with Crippen LogP contribution >= 0.6 is 11.6 Å². The van der Waals surface area contributed by atoms with E-state index in [4.69, 9.17) is 26.6 Å². The smallest absolute Gasteiger partial charge is 0.413 e. The fourth-order valence-corrected chi connectivity index (χ4v) is 2.72. The molecule has 24 heavy (non-hydrogen) atoms. The van der Waals surface area contributed by atoms with Gasteiger partial charge in [0.25, 0.3) is 0 Å². The topological polar surface area (TPSA) is 87.5 Å². The van der Waals surface area contributed by atoms with E-state index >= 15 is 0 Å². The first-order chi connectivity index (χ1) is 11.0. The van der Waals surface area contributed by atoms with Crippen molar-refractivity contribution in [2.24, 2.45) is 5.11 Å². The van der Waals surface area contributed by atoms with Gasteiger partial charge in [-0.05, 0) is 57.8 Å². The second-order valence-corrected chi connectivity index (χ2v) is 7.43. The van der Waals surface area contributed by atoms with Crippen LogP contribution in [-0.2, 0) is 9.47 Å². The van der Waals surface area contributed by atoms with Crippen LogP contribution in [0.3, 0.4) is 0 Å². The van der Waals surface area contributed by atoms with Gasteiger partial charge in [0, 0.05) is 4.91 Å². The summed E-state index contributed by atoms with van der Waals surface area (Å²) in [6, 6.07) is 4.72. The molecule has 0 radical (unpaired) electrons. The molecule has 0 bridgehead atoms. The highest BCUT2D eigenvalue weighted by atomic mass is 35.5. The van der Waals surface area contributed by atoms with Gasteiger partial charge in [0.15, 0.2) is 0 Å². The van der Waals surface area contributed by atoms with E-state index in [0.29, 0.717) is 17.3 Å². The number of carbonyl (C=O) groups is 1. The third kappa shape index (κ3) is 3.93. The lowest BCUT2D eigenvalue weighted by Crippen LogP contribution is -2.47. The van der Waals surface area contributed by atoms with E-state index in [2.05, 4.69) is 10.0 Å². The summed E-state index contributed by atoms with van der Waals surface area (Å²) in [5.41, 5.74) is 8.29. The number of hydrogen-bond acceptors (Lipinski definition) is 4. The van der Waals surface area contributed by atoms with Gasteiger partial charge in [-0.2, -0.15) is 0 Å². The number of azide groups is 1. The molecule has 0 aromatic heterocycles. The van der Waals surface area contributed by atoms with Crippen molar-refractivity contribution in [1.82, 2.24) is 4.90 Å². The van der Waals surface area contributed by atoms with Gasteiger partial charge in [0.2, 0.25) is 0 Å². The Labute approximate surface area is 146 Å². The summed E-state index contributed by atoms with van der Waals surface area (Å²) in [5.74, 6) is 0. The second-order valence-electron chi connectivity index (χ2n) is 7.02. The van der Waals surface area contributed by atoms with E-state index in [0.717, 1.165) is 5.56 Å². The number of ether oxygens (including phenoxy) is 2. The third-order valence-electron chi connectivity index (χ3n) is 3.58. The number of carbonyl (C=O) groups excluding carboxylic acids is 1.